The molecule has 0 aliphatic carbocycles. The van der Waals surface area contributed by atoms with Crippen LogP contribution in [0, 0.1) is 11.3 Å². The number of carbonyl (C=O) groups is 2. The number of benzene rings is 3. The summed E-state index contributed by atoms with van der Waals surface area (Å²) in [5.41, 5.74) is 2.20. The van der Waals surface area contributed by atoms with Crippen LogP contribution in [0.4, 0.5) is 0 Å². The van der Waals surface area contributed by atoms with Gasteiger partial charge < -0.3 is 14.8 Å². The Morgan fingerprint density at radius 1 is 1.00 bits per heavy atom. The van der Waals surface area contributed by atoms with Gasteiger partial charge in [0.15, 0.2) is 11.5 Å². The van der Waals surface area contributed by atoms with Gasteiger partial charge in [0.1, 0.15) is 11.6 Å². The van der Waals surface area contributed by atoms with E-state index in [2.05, 4.69) is 5.32 Å². The average molecular weight is 473 g/mol. The fraction of sp³-hybridized carbons (Fsp3) is 0.0741. The Morgan fingerprint density at radius 3 is 2.38 bits per heavy atom. The van der Waals surface area contributed by atoms with E-state index in [-0.39, 0.29) is 17.1 Å². The summed E-state index contributed by atoms with van der Waals surface area (Å²) in [7, 11) is 1.43. The van der Waals surface area contributed by atoms with Crippen LogP contribution in [0.3, 0.4) is 0 Å². The summed E-state index contributed by atoms with van der Waals surface area (Å²) in [5, 5.41) is 12.8. The van der Waals surface area contributed by atoms with Crippen LogP contribution in [-0.4, -0.2) is 19.0 Å². The average Bonchev–Trinajstić information content (AvgIpc) is 2.86. The van der Waals surface area contributed by atoms with Gasteiger partial charge in [-0.15, -0.1) is 0 Å². The molecule has 3 aromatic carbocycles. The fourth-order valence-electron chi connectivity index (χ4n) is 2.93. The first kappa shape index (κ1) is 24.3. The molecule has 3 rings (SSSR count). The van der Waals surface area contributed by atoms with E-state index in [0.717, 1.165) is 11.1 Å². The quantitative estimate of drug-likeness (QED) is 0.211. The molecular weight excluding hydrogens is 452 g/mol. The van der Waals surface area contributed by atoms with Gasteiger partial charge in [-0.05, 0) is 53.1 Å². The maximum absolute atomic E-state index is 12.4. The minimum absolute atomic E-state index is 0.0615. The third kappa shape index (κ3) is 7.09. The zero-order chi connectivity index (χ0) is 24.3. The van der Waals surface area contributed by atoms with Crippen LogP contribution < -0.4 is 14.8 Å². The molecule has 0 aliphatic rings. The maximum Gasteiger partial charge on any atom is 0.336 e. The number of nitriles is 1. The molecule has 3 aromatic rings. The van der Waals surface area contributed by atoms with E-state index in [9.17, 15) is 14.9 Å². The zero-order valence-electron chi connectivity index (χ0n) is 18.3. The molecule has 0 unspecified atom stereocenters. The summed E-state index contributed by atoms with van der Waals surface area (Å²) in [6.07, 6.45) is 4.34. The summed E-state index contributed by atoms with van der Waals surface area (Å²) in [6.45, 7) is 0.306. The smallest absolute Gasteiger partial charge is 0.336 e. The van der Waals surface area contributed by atoms with E-state index in [1.165, 1.54) is 25.3 Å². The van der Waals surface area contributed by atoms with E-state index in [1.54, 1.807) is 42.5 Å². The van der Waals surface area contributed by atoms with Crippen molar-refractivity contribution in [2.75, 3.05) is 7.11 Å². The molecule has 7 heteroatoms. The molecule has 0 aromatic heterocycles. The number of hydrogen-bond acceptors (Lipinski definition) is 5. The molecule has 170 valence electrons. The number of nitrogens with one attached hydrogen (secondary N) is 1. The van der Waals surface area contributed by atoms with Crippen LogP contribution >= 0.6 is 11.6 Å². The predicted molar refractivity (Wildman–Crippen MR) is 131 cm³/mol. The van der Waals surface area contributed by atoms with Crippen LogP contribution in [-0.2, 0) is 16.1 Å². The number of methoxy groups -OCH3 is 1. The summed E-state index contributed by atoms with van der Waals surface area (Å²) in [5.74, 6) is -0.593. The standard InChI is InChI=1S/C27H21ClN2O4/c1-33-25-16-21(15-22(17-29)27(32)30-18-20-5-3-2-4-6-20)9-13-24(25)34-26(31)14-10-19-7-11-23(28)12-8-19/h2-16H,18H2,1H3,(H,30,32)/b14-10+,22-15-. The van der Waals surface area contributed by atoms with Crippen LogP contribution in [0.2, 0.25) is 5.02 Å². The number of hydrogen-bond donors (Lipinski definition) is 1. The third-order valence-corrected chi connectivity index (χ3v) is 4.90. The molecule has 0 saturated carbocycles. The second-order valence-corrected chi connectivity index (χ2v) is 7.49. The van der Waals surface area contributed by atoms with Gasteiger partial charge in [0.05, 0.1) is 7.11 Å². The maximum atomic E-state index is 12.4. The van der Waals surface area contributed by atoms with Gasteiger partial charge >= 0.3 is 5.97 Å². The van der Waals surface area contributed by atoms with E-state index in [1.807, 2.05) is 36.4 Å². The molecule has 0 radical (unpaired) electrons. The van der Waals surface area contributed by atoms with Crippen molar-refractivity contribution >= 4 is 35.6 Å². The van der Waals surface area contributed by atoms with E-state index < -0.39 is 11.9 Å². The van der Waals surface area contributed by atoms with Crippen LogP contribution in [0.15, 0.2) is 84.4 Å². The Bertz CT molecular complexity index is 1260. The number of ether oxygens (including phenoxy) is 2. The van der Waals surface area contributed by atoms with Crippen molar-refractivity contribution in [2.45, 2.75) is 6.54 Å². The number of rotatable bonds is 8. The lowest BCUT2D eigenvalue weighted by Crippen LogP contribution is -2.23. The van der Waals surface area contributed by atoms with Crippen molar-refractivity contribution in [1.82, 2.24) is 5.32 Å². The first-order chi connectivity index (χ1) is 16.5. The highest BCUT2D eigenvalue weighted by molar-refractivity contribution is 6.30. The first-order valence-electron chi connectivity index (χ1n) is 10.3. The number of nitrogens with zero attached hydrogens (tertiary/aromatic N) is 1. The van der Waals surface area contributed by atoms with Crippen LogP contribution in [0.1, 0.15) is 16.7 Å². The van der Waals surface area contributed by atoms with Gasteiger partial charge in [0, 0.05) is 17.6 Å². The molecule has 1 amide bonds. The summed E-state index contributed by atoms with van der Waals surface area (Å²) in [4.78, 5) is 24.6. The van der Waals surface area contributed by atoms with Gasteiger partial charge in [-0.2, -0.15) is 5.26 Å². The second kappa shape index (κ2) is 12.0. The lowest BCUT2D eigenvalue weighted by molar-refractivity contribution is -0.129. The number of amides is 1. The molecule has 0 spiro atoms. The summed E-state index contributed by atoms with van der Waals surface area (Å²) in [6, 6.07) is 23.0. The Morgan fingerprint density at radius 2 is 1.71 bits per heavy atom. The van der Waals surface area contributed by atoms with Gasteiger partial charge in [-0.1, -0.05) is 60.1 Å². The second-order valence-electron chi connectivity index (χ2n) is 7.05. The molecule has 0 heterocycles. The van der Waals surface area contributed by atoms with Crippen LogP contribution in [0.5, 0.6) is 11.5 Å². The molecule has 0 bridgehead atoms. The van der Waals surface area contributed by atoms with E-state index in [0.29, 0.717) is 17.1 Å². The Kier molecular flexibility index (Phi) is 8.61. The van der Waals surface area contributed by atoms with Gasteiger partial charge in [0.2, 0.25) is 0 Å². The summed E-state index contributed by atoms with van der Waals surface area (Å²) < 4.78 is 10.7. The summed E-state index contributed by atoms with van der Waals surface area (Å²) >= 11 is 5.85. The van der Waals surface area contributed by atoms with Crippen molar-refractivity contribution in [2.24, 2.45) is 0 Å². The number of halogens is 1. The zero-order valence-corrected chi connectivity index (χ0v) is 19.1. The first-order valence-corrected chi connectivity index (χ1v) is 10.6. The lowest BCUT2D eigenvalue weighted by atomic mass is 10.1. The minimum atomic E-state index is -0.588. The highest BCUT2D eigenvalue weighted by atomic mass is 35.5. The number of esters is 1. The van der Waals surface area contributed by atoms with Gasteiger partial charge in [0.25, 0.3) is 5.91 Å². The Labute approximate surface area is 202 Å². The molecule has 0 aliphatic heterocycles. The van der Waals surface area contributed by atoms with Gasteiger partial charge in [-0.3, -0.25) is 4.79 Å². The van der Waals surface area contributed by atoms with Crippen LogP contribution in [0.25, 0.3) is 12.2 Å². The fourth-order valence-corrected chi connectivity index (χ4v) is 3.05. The predicted octanol–water partition coefficient (Wildman–Crippen LogP) is 5.19. The highest BCUT2D eigenvalue weighted by Gasteiger charge is 2.12. The monoisotopic (exact) mass is 472 g/mol. The molecule has 0 atom stereocenters. The van der Waals surface area contributed by atoms with Gasteiger partial charge in [-0.25, -0.2) is 4.79 Å². The van der Waals surface area contributed by atoms with Crippen molar-refractivity contribution in [3.63, 3.8) is 0 Å². The molecule has 34 heavy (non-hydrogen) atoms. The normalized spacial score (nSPS) is 11.0. The number of carbonyl (C=O) groups excluding carboxylic acids is 2. The van der Waals surface area contributed by atoms with Crippen molar-refractivity contribution in [3.8, 4) is 17.6 Å². The molecule has 0 fully saturated rings. The van der Waals surface area contributed by atoms with Crippen molar-refractivity contribution in [1.29, 1.82) is 5.26 Å². The Balaban J connectivity index is 1.68. The highest BCUT2D eigenvalue weighted by Crippen LogP contribution is 2.29. The Hall–Kier alpha value is -4.34. The van der Waals surface area contributed by atoms with Crippen molar-refractivity contribution in [3.05, 3.63) is 106 Å². The largest absolute Gasteiger partial charge is 0.493 e. The van der Waals surface area contributed by atoms with E-state index >= 15 is 0 Å². The third-order valence-electron chi connectivity index (χ3n) is 4.65. The topological polar surface area (TPSA) is 88.4 Å². The molecule has 0 saturated heterocycles. The lowest BCUT2D eigenvalue weighted by Gasteiger charge is -2.09. The molecule has 6 nitrogen and oxygen atoms in total. The molecule has 1 N–H and O–H groups in total. The van der Waals surface area contributed by atoms with Crippen molar-refractivity contribution < 1.29 is 19.1 Å². The van der Waals surface area contributed by atoms with E-state index in [4.69, 9.17) is 21.1 Å². The minimum Gasteiger partial charge on any atom is -0.493 e. The SMILES string of the molecule is COc1cc(/C=C(/C#N)C(=O)NCc2ccccc2)ccc1OC(=O)/C=C/c1ccc(Cl)cc1. The molecular formula is C27H21ClN2O4.